The normalized spacial score (nSPS) is 42.9. The van der Waals surface area contributed by atoms with Gasteiger partial charge in [-0.15, -0.1) is 0 Å². The number of hydrogen-bond donors (Lipinski definition) is 2. The molecule has 12 heteroatoms. The number of hydrogen-bond acceptors (Lipinski definition) is 10. The van der Waals surface area contributed by atoms with Crippen molar-refractivity contribution in [3.8, 4) is 0 Å². The molecule has 41 heavy (non-hydrogen) atoms. The lowest BCUT2D eigenvalue weighted by atomic mass is 9.44. The maximum Gasteiger partial charge on any atom is 0.217 e. The molecule has 13 atom stereocenters. The van der Waals surface area contributed by atoms with Gasteiger partial charge < -0.3 is 19.3 Å². The Hall–Kier alpha value is -0.340. The van der Waals surface area contributed by atoms with Crippen LogP contribution in [0.15, 0.2) is 0 Å². The molecular formula is C29H50O10S2-2. The average Bonchev–Trinajstić information content (AvgIpc) is 3.17. The largest absolute Gasteiger partial charge is 0.726 e. The second kappa shape index (κ2) is 11.2. The van der Waals surface area contributed by atoms with Crippen molar-refractivity contribution in [2.75, 3.05) is 0 Å². The number of aliphatic hydroxyl groups is 2. The summed E-state index contributed by atoms with van der Waals surface area (Å²) in [5.41, 5.74) is -0.558. The van der Waals surface area contributed by atoms with E-state index in [1.54, 1.807) is 0 Å². The third-order valence-electron chi connectivity index (χ3n) is 12.6. The summed E-state index contributed by atoms with van der Waals surface area (Å²) in [4.78, 5) is 0. The van der Waals surface area contributed by atoms with E-state index in [0.717, 1.165) is 38.5 Å². The molecule has 0 heterocycles. The molecule has 0 amide bonds. The predicted octanol–water partition coefficient (Wildman–Crippen LogP) is 3.99. The third-order valence-corrected chi connectivity index (χ3v) is 13.6. The zero-order chi connectivity index (χ0) is 30.9. The van der Waals surface area contributed by atoms with Crippen LogP contribution in [0.1, 0.15) is 99.8 Å². The molecule has 0 aliphatic heterocycles. The van der Waals surface area contributed by atoms with Crippen LogP contribution in [0.5, 0.6) is 0 Å². The molecule has 2 N–H and O–H groups in total. The van der Waals surface area contributed by atoms with Gasteiger partial charge in [0.25, 0.3) is 0 Å². The minimum atomic E-state index is -5.15. The molecule has 240 valence electrons. The highest BCUT2D eigenvalue weighted by Crippen LogP contribution is 2.68. The fourth-order valence-electron chi connectivity index (χ4n) is 10.00. The molecule has 0 spiro atoms. The van der Waals surface area contributed by atoms with Crippen LogP contribution in [-0.4, -0.2) is 60.6 Å². The summed E-state index contributed by atoms with van der Waals surface area (Å²) in [6.45, 7) is 14.7. The summed E-state index contributed by atoms with van der Waals surface area (Å²) >= 11 is 0. The van der Waals surface area contributed by atoms with Gasteiger partial charge in [-0.25, -0.2) is 16.8 Å². The lowest BCUT2D eigenvalue weighted by Gasteiger charge is -2.62. The molecule has 10 nitrogen and oxygen atoms in total. The Morgan fingerprint density at radius 3 is 1.93 bits per heavy atom. The first-order valence-electron chi connectivity index (χ1n) is 15.2. The fraction of sp³-hybridized carbons (Fsp3) is 1.00. The van der Waals surface area contributed by atoms with E-state index in [4.69, 9.17) is 8.37 Å². The SMILES string of the molecule is CC(C(O)C(O)[C@@H](C)[C@H]1CC[C@H]2[C@@H]3CC[C@H]4C[C@H](OS(=O)(=O)[O-])[C@@H](OS(=O)(=O)[O-])C[C@]4(C)[C@H]3CC[C@]12C)C(C)(C)C. The summed E-state index contributed by atoms with van der Waals surface area (Å²) < 4.78 is 78.4. The van der Waals surface area contributed by atoms with Gasteiger partial charge in [-0.2, -0.15) is 0 Å². The molecule has 4 saturated carbocycles. The van der Waals surface area contributed by atoms with E-state index < -0.39 is 50.6 Å². The Morgan fingerprint density at radius 2 is 1.37 bits per heavy atom. The van der Waals surface area contributed by atoms with Crippen LogP contribution in [0.25, 0.3) is 0 Å². The summed E-state index contributed by atoms with van der Waals surface area (Å²) in [7, 11) is -10.3. The molecule has 0 saturated heterocycles. The smallest absolute Gasteiger partial charge is 0.217 e. The lowest BCUT2D eigenvalue weighted by Crippen LogP contribution is -2.58. The molecular weight excluding hydrogens is 572 g/mol. The Kier molecular flexibility index (Phi) is 9.19. The first-order chi connectivity index (χ1) is 18.6. The van der Waals surface area contributed by atoms with Crippen molar-refractivity contribution in [3.05, 3.63) is 0 Å². The Labute approximate surface area is 246 Å². The lowest BCUT2D eigenvalue weighted by molar-refractivity contribution is -0.156. The van der Waals surface area contributed by atoms with Gasteiger partial charge in [-0.3, -0.25) is 8.37 Å². The summed E-state index contributed by atoms with van der Waals surface area (Å²) in [6, 6.07) is 0. The zero-order valence-corrected chi connectivity index (χ0v) is 27.1. The maximum atomic E-state index is 11.6. The molecule has 0 bridgehead atoms. The van der Waals surface area contributed by atoms with Gasteiger partial charge in [0, 0.05) is 0 Å². The van der Waals surface area contributed by atoms with Crippen LogP contribution in [0.3, 0.4) is 0 Å². The molecule has 4 aliphatic rings. The van der Waals surface area contributed by atoms with Crippen LogP contribution < -0.4 is 0 Å². The first-order valence-corrected chi connectivity index (χ1v) is 17.9. The number of aliphatic hydroxyl groups excluding tert-OH is 2. The van der Waals surface area contributed by atoms with E-state index in [2.05, 4.69) is 41.5 Å². The monoisotopic (exact) mass is 622 g/mol. The van der Waals surface area contributed by atoms with Crippen molar-refractivity contribution in [2.24, 2.45) is 57.7 Å². The van der Waals surface area contributed by atoms with Crippen LogP contribution in [0.4, 0.5) is 0 Å². The maximum absolute atomic E-state index is 11.6. The van der Waals surface area contributed by atoms with Crippen molar-refractivity contribution in [1.82, 2.24) is 0 Å². The van der Waals surface area contributed by atoms with Crippen molar-refractivity contribution in [1.29, 1.82) is 0 Å². The number of fused-ring (bicyclic) bond motifs is 5. The molecule has 0 aromatic rings. The first kappa shape index (κ1) is 33.6. The topological polar surface area (TPSA) is 173 Å². The highest BCUT2D eigenvalue weighted by molar-refractivity contribution is 7.81. The van der Waals surface area contributed by atoms with Gasteiger partial charge in [0.05, 0.1) is 12.2 Å². The highest BCUT2D eigenvalue weighted by Gasteiger charge is 2.62. The van der Waals surface area contributed by atoms with Crippen molar-refractivity contribution in [2.45, 2.75) is 124 Å². The van der Waals surface area contributed by atoms with Gasteiger partial charge in [0.15, 0.2) is 0 Å². The standard InChI is InChI=1S/C29H52O10S2/c1-16(25(30)26(31)17(2)27(3,4)5)20-10-11-21-19-9-8-18-14-23(38-40(32,33)34)24(39-41(35,36)37)15-29(18,7)22(19)12-13-28(20,21)6/h16-26,30-31H,8-15H2,1-7H3,(H,32,33,34)(H,35,36,37)/p-2/t16-,17?,18-,19-,20+,21-,22-,23-,24-,25?,26?,28+,29-/m0/s1. The number of rotatable bonds is 8. The molecule has 4 rings (SSSR count). The second-order valence-corrected chi connectivity index (χ2v) is 17.4. The summed E-state index contributed by atoms with van der Waals surface area (Å²) in [5, 5.41) is 22.4. The third kappa shape index (κ3) is 6.55. The van der Waals surface area contributed by atoms with E-state index in [0.29, 0.717) is 11.8 Å². The minimum Gasteiger partial charge on any atom is -0.726 e. The van der Waals surface area contributed by atoms with Crippen LogP contribution in [0, 0.1) is 57.7 Å². The van der Waals surface area contributed by atoms with Gasteiger partial charge in [0.2, 0.25) is 20.8 Å². The van der Waals surface area contributed by atoms with E-state index in [9.17, 15) is 36.2 Å². The second-order valence-electron chi connectivity index (χ2n) is 15.4. The Morgan fingerprint density at radius 1 is 0.805 bits per heavy atom. The van der Waals surface area contributed by atoms with Gasteiger partial charge in [-0.05, 0) is 109 Å². The Balaban J connectivity index is 1.55. The van der Waals surface area contributed by atoms with E-state index >= 15 is 0 Å². The van der Waals surface area contributed by atoms with Gasteiger partial charge in [0.1, 0.15) is 12.2 Å². The quantitative estimate of drug-likeness (QED) is 0.298. The minimum absolute atomic E-state index is 0.000964. The molecule has 0 radical (unpaired) electrons. The molecule has 4 fully saturated rings. The van der Waals surface area contributed by atoms with Crippen LogP contribution in [0.2, 0.25) is 0 Å². The van der Waals surface area contributed by atoms with Crippen LogP contribution in [-0.2, 0) is 29.2 Å². The molecule has 0 aromatic carbocycles. The molecule has 0 aromatic heterocycles. The van der Waals surface area contributed by atoms with Crippen molar-refractivity contribution >= 4 is 20.8 Å². The highest BCUT2D eigenvalue weighted by atomic mass is 32.3. The van der Waals surface area contributed by atoms with E-state index in [1.807, 2.05) is 6.92 Å². The van der Waals surface area contributed by atoms with Crippen molar-refractivity contribution in [3.63, 3.8) is 0 Å². The van der Waals surface area contributed by atoms with Gasteiger partial charge >= 0.3 is 0 Å². The van der Waals surface area contributed by atoms with Gasteiger partial charge in [-0.1, -0.05) is 48.5 Å². The predicted molar refractivity (Wildman–Crippen MR) is 150 cm³/mol. The zero-order valence-electron chi connectivity index (χ0n) is 25.5. The van der Waals surface area contributed by atoms with E-state index in [-0.39, 0.29) is 53.3 Å². The molecule has 4 aliphatic carbocycles. The molecule has 3 unspecified atom stereocenters. The average molecular weight is 623 g/mol. The Bertz CT molecular complexity index is 1170. The summed E-state index contributed by atoms with van der Waals surface area (Å²) in [6.07, 6.45) is 1.47. The van der Waals surface area contributed by atoms with E-state index in [1.165, 1.54) is 0 Å². The van der Waals surface area contributed by atoms with Crippen molar-refractivity contribution < 1.29 is 44.5 Å². The summed E-state index contributed by atoms with van der Waals surface area (Å²) in [5.74, 6) is 1.08. The fourth-order valence-corrected chi connectivity index (χ4v) is 11.0. The van der Waals surface area contributed by atoms with Crippen LogP contribution >= 0.6 is 0 Å².